The molecule has 0 aliphatic rings. The van der Waals surface area contributed by atoms with Gasteiger partial charge in [-0.1, -0.05) is 27.2 Å². The highest BCUT2D eigenvalue weighted by Crippen LogP contribution is 2.19. The lowest BCUT2D eigenvalue weighted by atomic mass is 10.1. The third-order valence-corrected chi connectivity index (χ3v) is 3.85. The van der Waals surface area contributed by atoms with Gasteiger partial charge in [0.2, 0.25) is 5.91 Å². The van der Waals surface area contributed by atoms with E-state index in [2.05, 4.69) is 10.6 Å². The number of carboxylic acid groups (broad SMARTS) is 1. The first kappa shape index (κ1) is 17.8. The van der Waals surface area contributed by atoms with Gasteiger partial charge < -0.3 is 10.4 Å². The summed E-state index contributed by atoms with van der Waals surface area (Å²) in [6.45, 7) is 6.08. The summed E-state index contributed by atoms with van der Waals surface area (Å²) in [5, 5.41) is 13.0. The van der Waals surface area contributed by atoms with Crippen molar-refractivity contribution in [2.45, 2.75) is 38.9 Å². The van der Waals surface area contributed by atoms with Crippen molar-refractivity contribution >= 4 is 29.7 Å². The maximum absolute atomic E-state index is 11.5. The number of rotatable bonds is 8. The third-order valence-electron chi connectivity index (χ3n) is 2.31. The Morgan fingerprint density at radius 3 is 2.37 bits per heavy atom. The monoisotopic (exact) mass is 290 g/mol. The summed E-state index contributed by atoms with van der Waals surface area (Å²) < 4.78 is 0. The standard InChI is InChI=1S/C12H22N2O4S/c1-4-5-6-13-12(18)14-9(15)7-19-10(8(2)3)11(16)17/h8,10H,4-7H2,1-3H3,(H,16,17)(H2,13,14,15,18). The Hall–Kier alpha value is -1.24. The van der Waals surface area contributed by atoms with E-state index in [4.69, 9.17) is 5.11 Å². The number of carbonyl (C=O) groups is 3. The Bertz CT molecular complexity index is 321. The molecule has 0 bridgehead atoms. The molecule has 0 aromatic carbocycles. The maximum Gasteiger partial charge on any atom is 0.321 e. The number of amides is 3. The molecule has 0 saturated carbocycles. The minimum Gasteiger partial charge on any atom is -0.480 e. The average Bonchev–Trinajstić information content (AvgIpc) is 2.28. The summed E-state index contributed by atoms with van der Waals surface area (Å²) in [6.07, 6.45) is 1.81. The third kappa shape index (κ3) is 8.47. The Balaban J connectivity index is 3.97. The summed E-state index contributed by atoms with van der Waals surface area (Å²) in [7, 11) is 0. The minimum atomic E-state index is -0.944. The summed E-state index contributed by atoms with van der Waals surface area (Å²) in [4.78, 5) is 33.6. The van der Waals surface area contributed by atoms with E-state index in [0.717, 1.165) is 24.6 Å². The molecule has 0 aliphatic carbocycles. The second kappa shape index (κ2) is 9.66. The fourth-order valence-corrected chi connectivity index (χ4v) is 2.23. The molecule has 0 radical (unpaired) electrons. The molecule has 3 amide bonds. The Labute approximate surface area is 117 Å². The second-order valence-corrected chi connectivity index (χ2v) is 5.60. The van der Waals surface area contributed by atoms with Crippen molar-refractivity contribution < 1.29 is 19.5 Å². The molecule has 0 heterocycles. The highest BCUT2D eigenvalue weighted by atomic mass is 32.2. The lowest BCUT2D eigenvalue weighted by Crippen LogP contribution is -2.41. The minimum absolute atomic E-state index is 0.0453. The zero-order valence-electron chi connectivity index (χ0n) is 11.6. The number of nitrogens with one attached hydrogen (secondary N) is 2. The predicted molar refractivity (Wildman–Crippen MR) is 75.2 cm³/mol. The van der Waals surface area contributed by atoms with Crippen LogP contribution in [0.3, 0.4) is 0 Å². The van der Waals surface area contributed by atoms with Crippen LogP contribution in [0.4, 0.5) is 4.79 Å². The molecule has 1 unspecified atom stereocenters. The normalized spacial score (nSPS) is 12.0. The van der Waals surface area contributed by atoms with Crippen LogP contribution in [-0.4, -0.2) is 40.6 Å². The molecular weight excluding hydrogens is 268 g/mol. The smallest absolute Gasteiger partial charge is 0.321 e. The van der Waals surface area contributed by atoms with Crippen LogP contribution in [-0.2, 0) is 9.59 Å². The summed E-state index contributed by atoms with van der Waals surface area (Å²) in [6, 6.07) is -0.532. The Kier molecular flexibility index (Phi) is 9.03. The number of carbonyl (C=O) groups excluding carboxylic acids is 2. The van der Waals surface area contributed by atoms with Gasteiger partial charge >= 0.3 is 12.0 Å². The highest BCUT2D eigenvalue weighted by molar-refractivity contribution is 8.01. The van der Waals surface area contributed by atoms with Crippen molar-refractivity contribution in [1.82, 2.24) is 10.6 Å². The molecule has 0 saturated heterocycles. The number of hydrogen-bond acceptors (Lipinski definition) is 4. The lowest BCUT2D eigenvalue weighted by Gasteiger charge is -2.15. The molecule has 6 nitrogen and oxygen atoms in total. The molecule has 0 aromatic rings. The average molecular weight is 290 g/mol. The van der Waals surface area contributed by atoms with Crippen molar-refractivity contribution in [3.05, 3.63) is 0 Å². The van der Waals surface area contributed by atoms with Crippen LogP contribution in [0.15, 0.2) is 0 Å². The van der Waals surface area contributed by atoms with E-state index in [1.165, 1.54) is 0 Å². The fourth-order valence-electron chi connectivity index (χ4n) is 1.30. The van der Waals surface area contributed by atoms with Crippen LogP contribution in [0, 0.1) is 5.92 Å². The summed E-state index contributed by atoms with van der Waals surface area (Å²) >= 11 is 1.02. The van der Waals surface area contributed by atoms with Crippen LogP contribution in [0.25, 0.3) is 0 Å². The number of imide groups is 1. The van der Waals surface area contributed by atoms with Crippen molar-refractivity contribution in [3.63, 3.8) is 0 Å². The molecular formula is C12H22N2O4S. The van der Waals surface area contributed by atoms with Gasteiger partial charge in [-0.2, -0.15) is 0 Å². The van der Waals surface area contributed by atoms with Crippen molar-refractivity contribution in [3.8, 4) is 0 Å². The van der Waals surface area contributed by atoms with Gasteiger partial charge in [0, 0.05) is 6.54 Å². The first-order valence-corrected chi connectivity index (χ1v) is 7.35. The largest absolute Gasteiger partial charge is 0.480 e. The first-order valence-electron chi connectivity index (χ1n) is 6.30. The molecule has 7 heteroatoms. The zero-order valence-corrected chi connectivity index (χ0v) is 12.4. The second-order valence-electron chi connectivity index (χ2n) is 4.47. The Morgan fingerprint density at radius 2 is 1.89 bits per heavy atom. The summed E-state index contributed by atoms with van der Waals surface area (Å²) in [5.41, 5.74) is 0. The molecule has 19 heavy (non-hydrogen) atoms. The number of carboxylic acids is 1. The van der Waals surface area contributed by atoms with E-state index >= 15 is 0 Å². The number of hydrogen-bond donors (Lipinski definition) is 3. The van der Waals surface area contributed by atoms with Gasteiger partial charge in [-0.3, -0.25) is 14.9 Å². The van der Waals surface area contributed by atoms with Crippen molar-refractivity contribution in [1.29, 1.82) is 0 Å². The molecule has 0 aliphatic heterocycles. The van der Waals surface area contributed by atoms with E-state index in [-0.39, 0.29) is 11.7 Å². The summed E-state index contributed by atoms with van der Waals surface area (Å²) in [5.74, 6) is -1.55. The zero-order chi connectivity index (χ0) is 14.8. The van der Waals surface area contributed by atoms with E-state index < -0.39 is 23.2 Å². The van der Waals surface area contributed by atoms with Gasteiger partial charge in [0.05, 0.1) is 5.75 Å². The van der Waals surface area contributed by atoms with Crippen LogP contribution >= 0.6 is 11.8 Å². The predicted octanol–water partition coefficient (Wildman–Crippen LogP) is 1.45. The van der Waals surface area contributed by atoms with Gasteiger partial charge in [-0.05, 0) is 12.3 Å². The van der Waals surface area contributed by atoms with Crippen molar-refractivity contribution in [2.75, 3.05) is 12.3 Å². The molecule has 110 valence electrons. The molecule has 0 fully saturated rings. The maximum atomic E-state index is 11.5. The molecule has 0 rings (SSSR count). The van der Waals surface area contributed by atoms with Gasteiger partial charge in [-0.15, -0.1) is 11.8 Å². The van der Waals surface area contributed by atoms with Gasteiger partial charge in [0.25, 0.3) is 0 Å². The lowest BCUT2D eigenvalue weighted by molar-refractivity contribution is -0.137. The van der Waals surface area contributed by atoms with E-state index in [1.54, 1.807) is 13.8 Å². The number of urea groups is 1. The molecule has 0 spiro atoms. The topological polar surface area (TPSA) is 95.5 Å². The molecule has 0 aromatic heterocycles. The van der Waals surface area contributed by atoms with Crippen molar-refractivity contribution in [2.24, 2.45) is 5.92 Å². The molecule has 3 N–H and O–H groups in total. The Morgan fingerprint density at radius 1 is 1.26 bits per heavy atom. The SMILES string of the molecule is CCCCNC(=O)NC(=O)CSC(C(=O)O)C(C)C. The number of thioether (sulfide) groups is 1. The van der Waals surface area contributed by atoms with Gasteiger partial charge in [0.1, 0.15) is 5.25 Å². The van der Waals surface area contributed by atoms with Crippen LogP contribution in [0.2, 0.25) is 0 Å². The fraction of sp³-hybridized carbons (Fsp3) is 0.750. The van der Waals surface area contributed by atoms with E-state index in [9.17, 15) is 14.4 Å². The van der Waals surface area contributed by atoms with Crippen LogP contribution in [0.1, 0.15) is 33.6 Å². The van der Waals surface area contributed by atoms with Crippen LogP contribution < -0.4 is 10.6 Å². The highest BCUT2D eigenvalue weighted by Gasteiger charge is 2.23. The van der Waals surface area contributed by atoms with Crippen LogP contribution in [0.5, 0.6) is 0 Å². The van der Waals surface area contributed by atoms with E-state index in [0.29, 0.717) is 6.54 Å². The first-order chi connectivity index (χ1) is 8.88. The van der Waals surface area contributed by atoms with E-state index in [1.807, 2.05) is 6.92 Å². The van der Waals surface area contributed by atoms with Gasteiger partial charge in [-0.25, -0.2) is 4.79 Å². The number of aliphatic carboxylic acids is 1. The molecule has 1 atom stereocenters. The quantitative estimate of drug-likeness (QED) is 0.588. The van der Waals surface area contributed by atoms with Gasteiger partial charge in [0.15, 0.2) is 0 Å². The number of unbranched alkanes of at least 4 members (excludes halogenated alkanes) is 1.